The number of rotatable bonds is 9. The van der Waals surface area contributed by atoms with Crippen LogP contribution in [0.15, 0.2) is 83.6 Å². The smallest absolute Gasteiger partial charge is 0.287 e. The van der Waals surface area contributed by atoms with Crippen molar-refractivity contribution < 1.29 is 19.1 Å². The van der Waals surface area contributed by atoms with Crippen LogP contribution in [0.1, 0.15) is 35.3 Å². The van der Waals surface area contributed by atoms with Crippen molar-refractivity contribution in [1.29, 1.82) is 0 Å². The largest absolute Gasteiger partial charge is 0.454 e. The fourth-order valence-electron chi connectivity index (χ4n) is 3.70. The number of benzene rings is 3. The van der Waals surface area contributed by atoms with E-state index in [0.29, 0.717) is 17.1 Å². The fourth-order valence-corrected chi connectivity index (χ4v) is 3.70. The van der Waals surface area contributed by atoms with E-state index in [9.17, 15) is 9.59 Å². The van der Waals surface area contributed by atoms with E-state index in [4.69, 9.17) is 9.47 Å². The molecule has 1 heterocycles. The van der Waals surface area contributed by atoms with Gasteiger partial charge in [-0.3, -0.25) is 9.59 Å². The molecule has 0 unspecified atom stereocenters. The van der Waals surface area contributed by atoms with Gasteiger partial charge in [-0.25, -0.2) is 5.43 Å². The molecule has 0 aliphatic carbocycles. The van der Waals surface area contributed by atoms with Crippen LogP contribution in [-0.2, 0) is 4.79 Å². The molecule has 1 aliphatic rings. The predicted octanol–water partition coefficient (Wildman–Crippen LogP) is 4.18. The van der Waals surface area contributed by atoms with Crippen LogP contribution in [0.2, 0.25) is 0 Å². The van der Waals surface area contributed by atoms with Crippen LogP contribution in [-0.4, -0.2) is 37.9 Å². The van der Waals surface area contributed by atoms with Crippen LogP contribution < -0.4 is 25.1 Å². The molecule has 0 aromatic heterocycles. The van der Waals surface area contributed by atoms with E-state index in [1.165, 1.54) is 6.21 Å². The van der Waals surface area contributed by atoms with Gasteiger partial charge in [-0.2, -0.15) is 5.10 Å². The van der Waals surface area contributed by atoms with E-state index in [1.807, 2.05) is 30.3 Å². The topological polar surface area (TPSA) is 92.3 Å². The van der Waals surface area contributed by atoms with E-state index < -0.39 is 11.8 Å². The summed E-state index contributed by atoms with van der Waals surface area (Å²) in [6.07, 6.45) is 3.12. The van der Waals surface area contributed by atoms with Crippen molar-refractivity contribution in [3.8, 4) is 11.5 Å². The van der Waals surface area contributed by atoms with Gasteiger partial charge in [0.15, 0.2) is 11.5 Å². The molecule has 3 aromatic carbocycles. The number of fused-ring (bicyclic) bond motifs is 1. The van der Waals surface area contributed by atoms with Gasteiger partial charge >= 0.3 is 0 Å². The third-order valence-electron chi connectivity index (χ3n) is 5.64. The molecule has 36 heavy (non-hydrogen) atoms. The van der Waals surface area contributed by atoms with Crippen molar-refractivity contribution in [2.75, 3.05) is 24.8 Å². The number of hydrogen-bond donors (Lipinski definition) is 2. The second-order valence-corrected chi connectivity index (χ2v) is 7.95. The number of anilines is 1. The Hall–Kier alpha value is -4.59. The highest BCUT2D eigenvalue weighted by Crippen LogP contribution is 2.31. The van der Waals surface area contributed by atoms with Crippen molar-refractivity contribution in [3.63, 3.8) is 0 Å². The first-order chi connectivity index (χ1) is 17.6. The highest BCUT2D eigenvalue weighted by Gasteiger charge is 2.15. The molecule has 0 saturated heterocycles. The molecule has 1 aliphatic heterocycles. The summed E-state index contributed by atoms with van der Waals surface area (Å²) < 4.78 is 10.7. The summed E-state index contributed by atoms with van der Waals surface area (Å²) in [6.45, 7) is 6.17. The first-order valence-electron chi connectivity index (χ1n) is 11.7. The Morgan fingerprint density at radius 1 is 0.917 bits per heavy atom. The normalized spacial score (nSPS) is 12.4. The minimum Gasteiger partial charge on any atom is -0.454 e. The fraction of sp³-hybridized carbons (Fsp3) is 0.179. The summed E-state index contributed by atoms with van der Waals surface area (Å²) in [5.41, 5.74) is 5.59. The van der Waals surface area contributed by atoms with E-state index in [0.717, 1.165) is 29.9 Å². The van der Waals surface area contributed by atoms with Crippen LogP contribution in [0.5, 0.6) is 11.5 Å². The zero-order valence-electron chi connectivity index (χ0n) is 20.2. The third kappa shape index (κ3) is 6.09. The molecule has 0 spiro atoms. The lowest BCUT2D eigenvalue weighted by Crippen LogP contribution is -2.32. The number of hydrogen-bond acceptors (Lipinski definition) is 6. The summed E-state index contributed by atoms with van der Waals surface area (Å²) in [5.74, 6) is 0.340. The minimum atomic E-state index is -0.552. The number of carbonyl (C=O) groups is 2. The number of nitrogens with zero attached hydrogens (tertiary/aromatic N) is 2. The molecule has 0 radical (unpaired) electrons. The Balaban J connectivity index is 1.52. The van der Waals surface area contributed by atoms with Crippen molar-refractivity contribution in [2.45, 2.75) is 13.8 Å². The summed E-state index contributed by atoms with van der Waals surface area (Å²) in [5, 5.41) is 6.76. The average Bonchev–Trinajstić information content (AvgIpc) is 3.38. The maximum absolute atomic E-state index is 13.0. The van der Waals surface area contributed by atoms with Gasteiger partial charge < -0.3 is 19.7 Å². The van der Waals surface area contributed by atoms with Gasteiger partial charge in [-0.05, 0) is 73.5 Å². The molecule has 184 valence electrons. The number of ether oxygens (including phenoxy) is 2. The third-order valence-corrected chi connectivity index (χ3v) is 5.64. The van der Waals surface area contributed by atoms with Crippen molar-refractivity contribution in [2.24, 2.45) is 5.10 Å². The first-order valence-corrected chi connectivity index (χ1v) is 11.7. The molecule has 4 rings (SSSR count). The van der Waals surface area contributed by atoms with Crippen LogP contribution in [0.4, 0.5) is 5.69 Å². The van der Waals surface area contributed by atoms with Gasteiger partial charge in [-0.15, -0.1) is 0 Å². The minimum absolute atomic E-state index is 0.0716. The summed E-state index contributed by atoms with van der Waals surface area (Å²) in [6, 6.07) is 21.9. The molecule has 8 heteroatoms. The molecule has 0 bridgehead atoms. The Morgan fingerprint density at radius 3 is 2.33 bits per heavy atom. The second-order valence-electron chi connectivity index (χ2n) is 7.95. The number of amides is 2. The Bertz CT molecular complexity index is 1270. The van der Waals surface area contributed by atoms with E-state index in [-0.39, 0.29) is 12.5 Å². The number of hydrazone groups is 1. The summed E-state index contributed by atoms with van der Waals surface area (Å²) in [7, 11) is 0. The maximum Gasteiger partial charge on any atom is 0.287 e. The number of nitrogens with one attached hydrogen (secondary N) is 2. The Morgan fingerprint density at radius 2 is 1.61 bits per heavy atom. The summed E-state index contributed by atoms with van der Waals surface area (Å²) >= 11 is 0. The quantitative estimate of drug-likeness (QED) is 0.270. The predicted molar refractivity (Wildman–Crippen MR) is 140 cm³/mol. The first kappa shape index (κ1) is 24.5. The Labute approximate surface area is 210 Å². The van der Waals surface area contributed by atoms with Gasteiger partial charge in [0.2, 0.25) is 6.79 Å². The van der Waals surface area contributed by atoms with E-state index in [2.05, 4.69) is 34.6 Å². The van der Waals surface area contributed by atoms with Crippen molar-refractivity contribution >= 4 is 29.8 Å². The van der Waals surface area contributed by atoms with Gasteiger partial charge in [0, 0.05) is 24.3 Å². The van der Waals surface area contributed by atoms with E-state index >= 15 is 0 Å². The van der Waals surface area contributed by atoms with Crippen LogP contribution in [0.3, 0.4) is 0 Å². The average molecular weight is 485 g/mol. The molecule has 8 nitrogen and oxygen atoms in total. The lowest BCUT2D eigenvalue weighted by molar-refractivity contribution is -0.117. The van der Waals surface area contributed by atoms with Gasteiger partial charge in [-0.1, -0.05) is 30.3 Å². The molecule has 2 N–H and O–H groups in total. The molecule has 0 fully saturated rings. The molecular formula is C28H28N4O4. The lowest BCUT2D eigenvalue weighted by atomic mass is 10.1. The molecule has 0 atom stereocenters. The van der Waals surface area contributed by atoms with E-state index in [1.54, 1.807) is 48.5 Å². The lowest BCUT2D eigenvalue weighted by Gasteiger charge is -2.20. The van der Waals surface area contributed by atoms with Gasteiger partial charge in [0.1, 0.15) is 5.70 Å². The van der Waals surface area contributed by atoms with Gasteiger partial charge in [0.25, 0.3) is 11.8 Å². The zero-order chi connectivity index (χ0) is 25.3. The highest BCUT2D eigenvalue weighted by atomic mass is 16.7. The molecule has 0 saturated carbocycles. The maximum atomic E-state index is 13.0. The van der Waals surface area contributed by atoms with Crippen LogP contribution in [0, 0.1) is 0 Å². The van der Waals surface area contributed by atoms with Crippen molar-refractivity contribution in [3.05, 3.63) is 95.2 Å². The van der Waals surface area contributed by atoms with Crippen molar-refractivity contribution in [1.82, 2.24) is 10.7 Å². The van der Waals surface area contributed by atoms with Gasteiger partial charge in [0.05, 0.1) is 6.21 Å². The SMILES string of the molecule is CCN(CC)c1ccc(C=C(NC(=O)c2ccccc2)C(=O)NN=Cc2ccc3c(c2)OCO3)cc1. The standard InChI is InChI=1S/C28H28N4O4/c1-3-32(4-2)23-13-10-20(11-14-23)16-24(30-27(33)22-8-6-5-7-9-22)28(34)31-29-18-21-12-15-25-26(17-21)36-19-35-25/h5-18H,3-4,19H2,1-2H3,(H,30,33)(H,31,34). The Kier molecular flexibility index (Phi) is 7.97. The monoisotopic (exact) mass is 484 g/mol. The van der Waals surface area contributed by atoms with Crippen LogP contribution >= 0.6 is 0 Å². The molecular weight excluding hydrogens is 456 g/mol. The molecule has 3 aromatic rings. The number of carbonyl (C=O) groups excluding carboxylic acids is 2. The van der Waals surface area contributed by atoms with Crippen LogP contribution in [0.25, 0.3) is 6.08 Å². The highest BCUT2D eigenvalue weighted by molar-refractivity contribution is 6.05. The second kappa shape index (κ2) is 11.7. The summed E-state index contributed by atoms with van der Waals surface area (Å²) in [4.78, 5) is 28.0. The molecule has 2 amide bonds. The zero-order valence-corrected chi connectivity index (χ0v) is 20.2.